The molecule has 8 nitrogen and oxygen atoms in total. The molecule has 1 fully saturated rings. The summed E-state index contributed by atoms with van der Waals surface area (Å²) in [6.07, 6.45) is 3.51. The van der Waals surface area contributed by atoms with Crippen LogP contribution in [0.15, 0.2) is 40.2 Å². The van der Waals surface area contributed by atoms with Gasteiger partial charge in [-0.25, -0.2) is 4.98 Å². The van der Waals surface area contributed by atoms with Crippen LogP contribution in [0.4, 0.5) is 5.82 Å². The predicted octanol–water partition coefficient (Wildman–Crippen LogP) is 1.65. The molecule has 0 amide bonds. The number of aromatic nitrogens is 2. The van der Waals surface area contributed by atoms with Gasteiger partial charge in [-0.15, -0.1) is 24.0 Å². The van der Waals surface area contributed by atoms with Crippen molar-refractivity contribution in [1.29, 1.82) is 0 Å². The fourth-order valence-electron chi connectivity index (χ4n) is 2.95. The zero-order valence-electron chi connectivity index (χ0n) is 16.1. The van der Waals surface area contributed by atoms with Crippen molar-refractivity contribution in [1.82, 2.24) is 25.3 Å². The Kier molecular flexibility index (Phi) is 8.29. The number of halogens is 1. The number of guanidine groups is 1. The van der Waals surface area contributed by atoms with E-state index in [9.17, 15) is 0 Å². The van der Waals surface area contributed by atoms with Crippen LogP contribution in [-0.4, -0.2) is 73.2 Å². The van der Waals surface area contributed by atoms with Gasteiger partial charge in [0.2, 0.25) is 0 Å². The van der Waals surface area contributed by atoms with Gasteiger partial charge in [0, 0.05) is 59.1 Å². The second-order valence-electron chi connectivity index (χ2n) is 6.56. The van der Waals surface area contributed by atoms with Crippen LogP contribution in [0.3, 0.4) is 0 Å². The van der Waals surface area contributed by atoms with E-state index < -0.39 is 0 Å². The van der Waals surface area contributed by atoms with E-state index in [-0.39, 0.29) is 24.0 Å². The first-order valence-electron chi connectivity index (χ1n) is 8.85. The SMILES string of the molecule is CN=C(NCc1ccc(N2CCN(C)CC2)nc1)N(C)Cc1ccon1.I. The monoisotopic (exact) mass is 485 g/mol. The number of piperazine rings is 1. The predicted molar refractivity (Wildman–Crippen MR) is 118 cm³/mol. The second kappa shape index (κ2) is 10.5. The summed E-state index contributed by atoms with van der Waals surface area (Å²) in [7, 11) is 5.90. The lowest BCUT2D eigenvalue weighted by molar-refractivity contribution is 0.312. The molecule has 1 N–H and O–H groups in total. The van der Waals surface area contributed by atoms with Crippen molar-refractivity contribution in [3.63, 3.8) is 0 Å². The van der Waals surface area contributed by atoms with Crippen LogP contribution in [0.1, 0.15) is 11.3 Å². The largest absolute Gasteiger partial charge is 0.364 e. The maximum atomic E-state index is 4.87. The molecule has 0 unspecified atom stereocenters. The lowest BCUT2D eigenvalue weighted by atomic mass is 10.2. The Morgan fingerprint density at radius 1 is 1.26 bits per heavy atom. The van der Waals surface area contributed by atoms with E-state index in [2.05, 4.69) is 49.4 Å². The zero-order valence-corrected chi connectivity index (χ0v) is 18.5. The topological polar surface area (TPSA) is 73.0 Å². The molecule has 148 valence electrons. The Bertz CT molecular complexity index is 697. The Balaban J connectivity index is 0.00000261. The zero-order chi connectivity index (χ0) is 18.4. The minimum atomic E-state index is 0. The van der Waals surface area contributed by atoms with E-state index in [1.54, 1.807) is 13.3 Å². The van der Waals surface area contributed by atoms with Gasteiger partial charge in [-0.2, -0.15) is 0 Å². The molecule has 1 aliphatic heterocycles. The molecule has 0 spiro atoms. The third-order valence-corrected chi connectivity index (χ3v) is 4.55. The molecule has 0 bridgehead atoms. The summed E-state index contributed by atoms with van der Waals surface area (Å²) in [6, 6.07) is 6.08. The van der Waals surface area contributed by atoms with Gasteiger partial charge in [-0.3, -0.25) is 4.99 Å². The van der Waals surface area contributed by atoms with Crippen LogP contribution < -0.4 is 10.2 Å². The maximum absolute atomic E-state index is 4.87. The lowest BCUT2D eigenvalue weighted by Gasteiger charge is -2.33. The molecule has 0 radical (unpaired) electrons. The number of aliphatic imine (C=N–C) groups is 1. The highest BCUT2D eigenvalue weighted by Gasteiger charge is 2.15. The highest BCUT2D eigenvalue weighted by molar-refractivity contribution is 14.0. The first-order valence-corrected chi connectivity index (χ1v) is 8.85. The fraction of sp³-hybridized carbons (Fsp3) is 0.500. The van der Waals surface area contributed by atoms with Crippen molar-refractivity contribution in [2.45, 2.75) is 13.1 Å². The first-order chi connectivity index (χ1) is 12.7. The van der Waals surface area contributed by atoms with Gasteiger partial charge in [-0.1, -0.05) is 11.2 Å². The average molecular weight is 485 g/mol. The Labute approximate surface area is 177 Å². The summed E-state index contributed by atoms with van der Waals surface area (Å²) in [4.78, 5) is 15.6. The highest BCUT2D eigenvalue weighted by atomic mass is 127. The van der Waals surface area contributed by atoms with E-state index in [1.165, 1.54) is 0 Å². The van der Waals surface area contributed by atoms with Crippen LogP contribution in [-0.2, 0) is 13.1 Å². The van der Waals surface area contributed by atoms with Gasteiger partial charge in [0.15, 0.2) is 5.96 Å². The Morgan fingerprint density at radius 3 is 2.63 bits per heavy atom. The quantitative estimate of drug-likeness (QED) is 0.392. The molecule has 0 aliphatic carbocycles. The smallest absolute Gasteiger partial charge is 0.194 e. The lowest BCUT2D eigenvalue weighted by Crippen LogP contribution is -2.44. The minimum absolute atomic E-state index is 0. The molecule has 1 saturated heterocycles. The van der Waals surface area contributed by atoms with Crippen LogP contribution in [0.5, 0.6) is 0 Å². The van der Waals surface area contributed by atoms with E-state index in [0.717, 1.165) is 49.2 Å². The summed E-state index contributed by atoms with van der Waals surface area (Å²) in [6.45, 7) is 5.53. The number of rotatable bonds is 5. The molecule has 3 rings (SSSR count). The van der Waals surface area contributed by atoms with Crippen molar-refractivity contribution >= 4 is 35.8 Å². The minimum Gasteiger partial charge on any atom is -0.364 e. The third-order valence-electron chi connectivity index (χ3n) is 4.55. The average Bonchev–Trinajstić information content (AvgIpc) is 3.16. The molecular weight excluding hydrogens is 457 g/mol. The number of hydrogen-bond donors (Lipinski definition) is 1. The van der Waals surface area contributed by atoms with Crippen LogP contribution >= 0.6 is 24.0 Å². The molecule has 2 aromatic rings. The maximum Gasteiger partial charge on any atom is 0.194 e. The van der Waals surface area contributed by atoms with E-state index in [4.69, 9.17) is 4.52 Å². The Hall–Kier alpha value is -1.88. The van der Waals surface area contributed by atoms with Crippen molar-refractivity contribution in [2.75, 3.05) is 52.2 Å². The van der Waals surface area contributed by atoms with Crippen LogP contribution in [0, 0.1) is 0 Å². The Morgan fingerprint density at radius 2 is 2.04 bits per heavy atom. The molecule has 2 aromatic heterocycles. The number of likely N-dealkylation sites (N-methyl/N-ethyl adjacent to an activating group) is 1. The van der Waals surface area contributed by atoms with Gasteiger partial charge in [0.05, 0.1) is 6.54 Å². The summed E-state index contributed by atoms with van der Waals surface area (Å²) < 4.78 is 4.87. The van der Waals surface area contributed by atoms with Crippen molar-refractivity contribution in [3.8, 4) is 0 Å². The molecule has 27 heavy (non-hydrogen) atoms. The standard InChI is InChI=1S/C18H27N7O.HI/c1-19-18(24(3)14-16-6-11-26-22-16)21-13-15-4-5-17(20-12-15)25-9-7-23(2)8-10-25;/h4-6,11-12H,7-10,13-14H2,1-3H3,(H,19,21);1H. The van der Waals surface area contributed by atoms with Gasteiger partial charge in [-0.05, 0) is 18.7 Å². The summed E-state index contributed by atoms with van der Waals surface area (Å²) in [5.41, 5.74) is 1.99. The van der Waals surface area contributed by atoms with E-state index in [0.29, 0.717) is 13.1 Å². The van der Waals surface area contributed by atoms with Crippen LogP contribution in [0.2, 0.25) is 0 Å². The first kappa shape index (κ1) is 21.4. The molecule has 0 atom stereocenters. The number of anilines is 1. The van der Waals surface area contributed by atoms with Crippen molar-refractivity contribution < 1.29 is 4.52 Å². The number of pyridine rings is 1. The fourth-order valence-corrected chi connectivity index (χ4v) is 2.95. The molecule has 0 saturated carbocycles. The highest BCUT2D eigenvalue weighted by Crippen LogP contribution is 2.13. The molecular formula is C18H28IN7O. The number of nitrogens with one attached hydrogen (secondary N) is 1. The molecule has 1 aliphatic rings. The van der Waals surface area contributed by atoms with Crippen molar-refractivity contribution in [3.05, 3.63) is 41.9 Å². The second-order valence-corrected chi connectivity index (χ2v) is 6.56. The van der Waals surface area contributed by atoms with Crippen LogP contribution in [0.25, 0.3) is 0 Å². The normalized spacial score (nSPS) is 15.4. The molecule has 9 heteroatoms. The third kappa shape index (κ3) is 6.06. The van der Waals surface area contributed by atoms with Crippen molar-refractivity contribution in [2.24, 2.45) is 4.99 Å². The van der Waals surface area contributed by atoms with E-state index >= 15 is 0 Å². The van der Waals surface area contributed by atoms with E-state index in [1.807, 2.05) is 24.2 Å². The van der Waals surface area contributed by atoms with Gasteiger partial charge < -0.3 is 24.5 Å². The number of nitrogens with zero attached hydrogens (tertiary/aromatic N) is 6. The summed E-state index contributed by atoms with van der Waals surface area (Å²) in [5.74, 6) is 1.85. The van der Waals surface area contributed by atoms with Gasteiger partial charge in [0.25, 0.3) is 0 Å². The molecule has 3 heterocycles. The van der Waals surface area contributed by atoms with Gasteiger partial charge in [0.1, 0.15) is 17.8 Å². The number of hydrogen-bond acceptors (Lipinski definition) is 6. The summed E-state index contributed by atoms with van der Waals surface area (Å²) >= 11 is 0. The van der Waals surface area contributed by atoms with Gasteiger partial charge >= 0.3 is 0 Å². The summed E-state index contributed by atoms with van der Waals surface area (Å²) in [5, 5.41) is 7.29. The molecule has 0 aromatic carbocycles.